The number of aryl methyl sites for hydroxylation is 1. The molecule has 2 atom stereocenters. The molecule has 3 rings (SSSR count). The molecule has 0 bridgehead atoms. The van der Waals surface area contributed by atoms with Crippen molar-refractivity contribution in [3.63, 3.8) is 0 Å². The lowest BCUT2D eigenvalue weighted by Crippen LogP contribution is -2.40. The average Bonchev–Trinajstić information content (AvgIpc) is 3.25. The van der Waals surface area contributed by atoms with Gasteiger partial charge in [-0.15, -0.1) is 11.3 Å². The number of benzene rings is 1. The second-order valence-electron chi connectivity index (χ2n) is 5.45. The van der Waals surface area contributed by atoms with E-state index in [1.807, 2.05) is 60.4 Å². The molecule has 7 heteroatoms. The minimum Gasteiger partial charge on any atom is -0.336 e. The van der Waals surface area contributed by atoms with Crippen LogP contribution in [0, 0.1) is 0 Å². The third kappa shape index (κ3) is 3.62. The molecule has 3 aromatic rings. The highest BCUT2D eigenvalue weighted by Gasteiger charge is 2.21. The predicted octanol–water partition coefficient (Wildman–Crippen LogP) is 3.03. The van der Waals surface area contributed by atoms with Crippen LogP contribution in [0.25, 0.3) is 0 Å². The van der Waals surface area contributed by atoms with E-state index < -0.39 is 0 Å². The van der Waals surface area contributed by atoms with E-state index in [0.717, 1.165) is 16.4 Å². The second kappa shape index (κ2) is 7.27. The van der Waals surface area contributed by atoms with Crippen molar-refractivity contribution < 1.29 is 4.79 Å². The summed E-state index contributed by atoms with van der Waals surface area (Å²) in [4.78, 5) is 21.1. The minimum absolute atomic E-state index is 0.150. The molecule has 0 saturated carbocycles. The van der Waals surface area contributed by atoms with E-state index >= 15 is 0 Å². The maximum Gasteiger partial charge on any atom is 0.316 e. The number of hydrogen-bond acceptors (Lipinski definition) is 4. The van der Waals surface area contributed by atoms with Crippen molar-refractivity contribution >= 4 is 17.4 Å². The van der Waals surface area contributed by atoms with E-state index in [0.29, 0.717) is 0 Å². The summed E-state index contributed by atoms with van der Waals surface area (Å²) in [6.45, 7) is 1.91. The number of rotatable bonds is 5. The first kappa shape index (κ1) is 16.2. The molecule has 2 amide bonds. The first-order chi connectivity index (χ1) is 11.6. The molecule has 6 nitrogen and oxygen atoms in total. The van der Waals surface area contributed by atoms with Gasteiger partial charge in [-0.3, -0.25) is 0 Å². The van der Waals surface area contributed by atoms with Gasteiger partial charge in [0, 0.05) is 31.0 Å². The van der Waals surface area contributed by atoms with Gasteiger partial charge in [0.05, 0.1) is 6.04 Å². The molecule has 0 aliphatic carbocycles. The van der Waals surface area contributed by atoms with Gasteiger partial charge in [-0.1, -0.05) is 30.3 Å². The summed E-state index contributed by atoms with van der Waals surface area (Å²) in [7, 11) is 1.91. The maximum atomic E-state index is 12.5. The van der Waals surface area contributed by atoms with Gasteiger partial charge < -0.3 is 15.2 Å². The number of imidazole rings is 1. The van der Waals surface area contributed by atoms with Crippen molar-refractivity contribution in [3.8, 4) is 0 Å². The number of thiazole rings is 1. The average molecular weight is 341 g/mol. The third-order valence-electron chi connectivity index (χ3n) is 3.69. The van der Waals surface area contributed by atoms with Gasteiger partial charge >= 0.3 is 6.03 Å². The Morgan fingerprint density at radius 2 is 1.96 bits per heavy atom. The molecule has 1 aromatic carbocycles. The van der Waals surface area contributed by atoms with Crippen LogP contribution in [0.1, 0.15) is 35.4 Å². The summed E-state index contributed by atoms with van der Waals surface area (Å²) in [6.07, 6.45) is 5.32. The lowest BCUT2D eigenvalue weighted by molar-refractivity contribution is 0.235. The lowest BCUT2D eigenvalue weighted by Gasteiger charge is -2.21. The van der Waals surface area contributed by atoms with E-state index in [1.54, 1.807) is 12.4 Å². The summed E-state index contributed by atoms with van der Waals surface area (Å²) in [5.41, 5.74) is 0.976. The number of urea groups is 1. The van der Waals surface area contributed by atoms with Crippen LogP contribution in [0.15, 0.2) is 54.3 Å². The normalized spacial score (nSPS) is 13.2. The van der Waals surface area contributed by atoms with Gasteiger partial charge in [-0.25, -0.2) is 14.8 Å². The molecular weight excluding hydrogens is 322 g/mol. The minimum atomic E-state index is -0.324. The Kier molecular flexibility index (Phi) is 4.90. The number of carbonyl (C=O) groups is 1. The zero-order chi connectivity index (χ0) is 16.9. The fourth-order valence-electron chi connectivity index (χ4n) is 2.48. The van der Waals surface area contributed by atoms with Crippen LogP contribution in [-0.2, 0) is 7.05 Å². The van der Waals surface area contributed by atoms with Gasteiger partial charge in [0.2, 0.25) is 0 Å². The Morgan fingerprint density at radius 1 is 1.17 bits per heavy atom. The number of nitrogens with one attached hydrogen (secondary N) is 2. The van der Waals surface area contributed by atoms with Crippen LogP contribution in [0.3, 0.4) is 0 Å². The summed E-state index contributed by atoms with van der Waals surface area (Å²) in [6, 6.07) is 9.07. The van der Waals surface area contributed by atoms with Crippen LogP contribution in [0.2, 0.25) is 0 Å². The van der Waals surface area contributed by atoms with E-state index in [9.17, 15) is 4.79 Å². The summed E-state index contributed by atoms with van der Waals surface area (Å²) in [5, 5.41) is 8.71. The molecule has 0 aliphatic rings. The van der Waals surface area contributed by atoms with Crippen molar-refractivity contribution in [3.05, 3.63) is 70.7 Å². The van der Waals surface area contributed by atoms with Crippen LogP contribution in [0.5, 0.6) is 0 Å². The Labute approximate surface area is 144 Å². The maximum absolute atomic E-state index is 12.5. The summed E-state index contributed by atoms with van der Waals surface area (Å²) in [5.74, 6) is 0.776. The number of nitrogens with zero attached hydrogens (tertiary/aromatic N) is 3. The molecule has 0 radical (unpaired) electrons. The molecule has 0 saturated heterocycles. The molecule has 2 aromatic heterocycles. The topological polar surface area (TPSA) is 71.8 Å². The molecule has 124 valence electrons. The van der Waals surface area contributed by atoms with Gasteiger partial charge in [0.15, 0.2) is 0 Å². The standard InChI is InChI=1S/C17H19N5OS/c1-12(16-19-9-11-24-16)20-17(23)21-14(13-6-4-3-5-7-13)15-18-8-10-22(15)2/h3-12,14H,1-2H3,(H2,20,21,23). The second-order valence-corrected chi connectivity index (χ2v) is 6.38. The molecule has 24 heavy (non-hydrogen) atoms. The first-order valence-electron chi connectivity index (χ1n) is 7.63. The molecule has 0 fully saturated rings. The Hall–Kier alpha value is -2.67. The number of carbonyl (C=O) groups excluding carboxylic acids is 1. The van der Waals surface area contributed by atoms with Crippen LogP contribution in [-0.4, -0.2) is 20.6 Å². The highest BCUT2D eigenvalue weighted by atomic mass is 32.1. The molecule has 2 N–H and O–H groups in total. The van der Waals surface area contributed by atoms with Gasteiger partial charge in [-0.05, 0) is 12.5 Å². The summed E-state index contributed by atoms with van der Waals surface area (Å²) < 4.78 is 1.90. The third-order valence-corrected chi connectivity index (χ3v) is 4.65. The first-order valence-corrected chi connectivity index (χ1v) is 8.51. The zero-order valence-electron chi connectivity index (χ0n) is 13.5. The molecule has 2 heterocycles. The quantitative estimate of drug-likeness (QED) is 0.749. The monoisotopic (exact) mass is 341 g/mol. The van der Waals surface area contributed by atoms with Crippen LogP contribution < -0.4 is 10.6 Å². The lowest BCUT2D eigenvalue weighted by atomic mass is 10.1. The van der Waals surface area contributed by atoms with E-state index in [1.165, 1.54) is 11.3 Å². The van der Waals surface area contributed by atoms with Gasteiger partial charge in [-0.2, -0.15) is 0 Å². The predicted molar refractivity (Wildman–Crippen MR) is 93.7 cm³/mol. The van der Waals surface area contributed by atoms with E-state index in [-0.39, 0.29) is 18.1 Å². The van der Waals surface area contributed by atoms with E-state index in [2.05, 4.69) is 20.6 Å². The number of amides is 2. The molecule has 0 aliphatic heterocycles. The van der Waals surface area contributed by atoms with Crippen LogP contribution in [0.4, 0.5) is 4.79 Å². The molecule has 0 spiro atoms. The Bertz CT molecular complexity index is 784. The number of aromatic nitrogens is 3. The Balaban J connectivity index is 1.77. The van der Waals surface area contributed by atoms with Crippen molar-refractivity contribution in [2.45, 2.75) is 19.0 Å². The summed E-state index contributed by atoms with van der Waals surface area (Å²) >= 11 is 1.52. The molecule has 2 unspecified atom stereocenters. The molecular formula is C17H19N5OS. The van der Waals surface area contributed by atoms with Gasteiger partial charge in [0.25, 0.3) is 0 Å². The highest BCUT2D eigenvalue weighted by Crippen LogP contribution is 2.20. The highest BCUT2D eigenvalue weighted by molar-refractivity contribution is 7.09. The fourth-order valence-corrected chi connectivity index (χ4v) is 3.12. The fraction of sp³-hybridized carbons (Fsp3) is 0.235. The van der Waals surface area contributed by atoms with Crippen LogP contribution >= 0.6 is 11.3 Å². The zero-order valence-corrected chi connectivity index (χ0v) is 14.3. The van der Waals surface area contributed by atoms with Crippen molar-refractivity contribution in [2.24, 2.45) is 7.05 Å². The van der Waals surface area contributed by atoms with E-state index in [4.69, 9.17) is 0 Å². The van der Waals surface area contributed by atoms with Crippen molar-refractivity contribution in [2.75, 3.05) is 0 Å². The van der Waals surface area contributed by atoms with Gasteiger partial charge in [0.1, 0.15) is 16.9 Å². The smallest absolute Gasteiger partial charge is 0.316 e. The largest absolute Gasteiger partial charge is 0.336 e. The SMILES string of the molecule is CC(NC(=O)NC(c1ccccc1)c1nccn1C)c1nccs1. The Morgan fingerprint density at radius 3 is 2.58 bits per heavy atom. The number of hydrogen-bond donors (Lipinski definition) is 2. The van der Waals surface area contributed by atoms with Crippen molar-refractivity contribution in [1.82, 2.24) is 25.2 Å². The van der Waals surface area contributed by atoms with Crippen molar-refractivity contribution in [1.29, 1.82) is 0 Å².